The number of nitriles is 1. The van der Waals surface area contributed by atoms with Gasteiger partial charge in [0.2, 0.25) is 0 Å². The van der Waals surface area contributed by atoms with Crippen molar-refractivity contribution in [3.05, 3.63) is 168 Å². The Balaban J connectivity index is 1.06. The van der Waals surface area contributed by atoms with E-state index < -0.39 is 35.8 Å². The fourth-order valence-corrected chi connectivity index (χ4v) is 6.04. The van der Waals surface area contributed by atoms with Crippen molar-refractivity contribution in [1.82, 2.24) is 0 Å². The zero-order chi connectivity index (χ0) is 48.5. The molecule has 0 unspecified atom stereocenters. The van der Waals surface area contributed by atoms with Gasteiger partial charge >= 0.3 is 35.8 Å². The molecule has 0 aromatic heterocycles. The lowest BCUT2D eigenvalue weighted by Crippen LogP contribution is -2.13. The Morgan fingerprint density at radius 3 is 1.12 bits per heavy atom. The molecular weight excluding hydrogens is 875 g/mol. The molecule has 68 heavy (non-hydrogen) atoms. The van der Waals surface area contributed by atoms with E-state index in [1.807, 2.05) is 6.07 Å². The van der Waals surface area contributed by atoms with Gasteiger partial charge in [0.05, 0.1) is 60.3 Å². The highest BCUT2D eigenvalue weighted by Gasteiger charge is 2.19. The molecule has 0 saturated heterocycles. The molecule has 0 aliphatic carbocycles. The summed E-state index contributed by atoms with van der Waals surface area (Å²) >= 11 is 0. The molecule has 0 aliphatic rings. The number of rotatable bonds is 26. The number of unbranched alkanes of at least 4 members (excludes halogenated alkanes) is 6. The molecule has 350 valence electrons. The van der Waals surface area contributed by atoms with E-state index in [1.165, 1.54) is 66.7 Å². The van der Waals surface area contributed by atoms with Gasteiger partial charge in [-0.05, 0) is 161 Å². The number of hydrogen-bond donors (Lipinski definition) is 0. The smallest absolute Gasteiger partial charge is 0.343 e. The fourth-order valence-electron chi connectivity index (χ4n) is 6.04. The second-order valence-electron chi connectivity index (χ2n) is 14.7. The van der Waals surface area contributed by atoms with E-state index in [2.05, 4.69) is 13.2 Å². The minimum absolute atomic E-state index is 0.0711. The van der Waals surface area contributed by atoms with Crippen molar-refractivity contribution in [3.63, 3.8) is 0 Å². The first kappa shape index (κ1) is 50.5. The van der Waals surface area contributed by atoms with E-state index in [4.69, 9.17) is 37.9 Å². The molecule has 0 aliphatic heterocycles. The van der Waals surface area contributed by atoms with E-state index in [0.717, 1.165) is 63.5 Å². The maximum Gasteiger partial charge on any atom is 0.343 e. The quantitative estimate of drug-likeness (QED) is 0.0219. The van der Waals surface area contributed by atoms with Gasteiger partial charge in [-0.3, -0.25) is 0 Å². The first-order valence-corrected chi connectivity index (χ1v) is 21.7. The van der Waals surface area contributed by atoms with Gasteiger partial charge in [0.25, 0.3) is 0 Å². The van der Waals surface area contributed by atoms with Gasteiger partial charge in [-0.25, -0.2) is 28.8 Å². The molecule has 0 spiro atoms. The molecule has 0 fully saturated rings. The molecule has 5 rings (SSSR count). The van der Waals surface area contributed by atoms with Crippen LogP contribution in [0.4, 0.5) is 0 Å². The Kier molecular flexibility index (Phi) is 20.1. The van der Waals surface area contributed by atoms with Crippen LogP contribution in [0.2, 0.25) is 0 Å². The number of hydrogen-bond acceptors (Lipinski definition) is 15. The van der Waals surface area contributed by atoms with Crippen LogP contribution >= 0.6 is 0 Å². The molecule has 5 aromatic carbocycles. The predicted molar refractivity (Wildman–Crippen MR) is 247 cm³/mol. The van der Waals surface area contributed by atoms with Gasteiger partial charge in [-0.15, -0.1) is 0 Å². The molecule has 0 amide bonds. The van der Waals surface area contributed by atoms with Crippen LogP contribution in [-0.2, 0) is 19.1 Å². The Hall–Kier alpha value is -8.51. The molecule has 15 nitrogen and oxygen atoms in total. The molecule has 0 radical (unpaired) electrons. The third-order valence-corrected chi connectivity index (χ3v) is 9.70. The fraction of sp³-hybridized carbons (Fsp3) is 0.226. The Morgan fingerprint density at radius 1 is 0.412 bits per heavy atom. The van der Waals surface area contributed by atoms with Crippen molar-refractivity contribution in [2.45, 2.75) is 51.4 Å². The number of nitrogens with zero attached hydrogens (tertiary/aromatic N) is 1. The van der Waals surface area contributed by atoms with Crippen molar-refractivity contribution in [3.8, 4) is 40.6 Å². The van der Waals surface area contributed by atoms with Crippen LogP contribution < -0.4 is 28.4 Å². The van der Waals surface area contributed by atoms with Crippen LogP contribution in [0.1, 0.15) is 98.4 Å². The lowest BCUT2D eigenvalue weighted by atomic mass is 10.2. The van der Waals surface area contributed by atoms with E-state index in [-0.39, 0.29) is 50.8 Å². The third kappa shape index (κ3) is 16.8. The Bertz CT molecular complexity index is 2560. The van der Waals surface area contributed by atoms with E-state index >= 15 is 0 Å². The summed E-state index contributed by atoms with van der Waals surface area (Å²) in [6.45, 7) is 8.39. The summed E-state index contributed by atoms with van der Waals surface area (Å²) < 4.78 is 43.5. The van der Waals surface area contributed by atoms with Gasteiger partial charge in [-0.1, -0.05) is 13.2 Å². The zero-order valence-corrected chi connectivity index (χ0v) is 37.2. The summed E-state index contributed by atoms with van der Waals surface area (Å²) in [5.74, 6) is -2.61. The van der Waals surface area contributed by atoms with E-state index in [0.29, 0.717) is 37.9 Å². The van der Waals surface area contributed by atoms with Gasteiger partial charge in [-0.2, -0.15) is 5.26 Å². The van der Waals surface area contributed by atoms with Crippen LogP contribution in [-0.4, -0.2) is 62.2 Å². The molecule has 15 heteroatoms. The predicted octanol–water partition coefficient (Wildman–Crippen LogP) is 9.77. The summed E-state index contributed by atoms with van der Waals surface area (Å²) in [5, 5.41) is 9.50. The topological polar surface area (TPSA) is 200 Å². The lowest BCUT2D eigenvalue weighted by molar-refractivity contribution is -0.138. The monoisotopic (exact) mass is 923 g/mol. The van der Waals surface area contributed by atoms with E-state index in [1.54, 1.807) is 48.5 Å². The molecule has 0 N–H and O–H groups in total. The first-order valence-electron chi connectivity index (χ1n) is 21.7. The third-order valence-electron chi connectivity index (χ3n) is 9.70. The standard InChI is InChI=1S/C53H49NO14/c1-3-48(55)63-33-11-7-5-9-31-61-42-22-14-38(15-23-42)50(57)65-44-26-18-40(19-27-44)52(59)67-46-30-13-37(36-54)35-47(46)68-53(60)41-20-28-45(29-21-41)66-51(58)39-16-24-43(25-17-39)62-32-10-6-8-12-34-64-49(56)4-2/h3-4,13-30,35H,1-2,5-12,31-34H2. The van der Waals surface area contributed by atoms with Gasteiger partial charge in [0.15, 0.2) is 11.5 Å². The van der Waals surface area contributed by atoms with Crippen LogP contribution in [0, 0.1) is 11.3 Å². The van der Waals surface area contributed by atoms with Gasteiger partial charge in [0.1, 0.15) is 23.0 Å². The largest absolute Gasteiger partial charge is 0.494 e. The van der Waals surface area contributed by atoms with Crippen LogP contribution in [0.25, 0.3) is 0 Å². The van der Waals surface area contributed by atoms with Crippen LogP contribution in [0.5, 0.6) is 34.5 Å². The van der Waals surface area contributed by atoms with Crippen LogP contribution in [0.3, 0.4) is 0 Å². The van der Waals surface area contributed by atoms with Crippen molar-refractivity contribution in [2.75, 3.05) is 26.4 Å². The van der Waals surface area contributed by atoms with Gasteiger partial charge < -0.3 is 37.9 Å². The van der Waals surface area contributed by atoms with Crippen molar-refractivity contribution >= 4 is 35.8 Å². The Morgan fingerprint density at radius 2 is 0.750 bits per heavy atom. The average molecular weight is 924 g/mol. The molecule has 0 atom stereocenters. The molecule has 0 heterocycles. The summed E-state index contributed by atoms with van der Waals surface area (Å²) in [6.07, 6.45) is 8.98. The highest BCUT2D eigenvalue weighted by atomic mass is 16.6. The summed E-state index contributed by atoms with van der Waals surface area (Å²) in [4.78, 5) is 74.2. The number of carbonyl (C=O) groups excluding carboxylic acids is 6. The number of ether oxygens (including phenoxy) is 8. The molecular formula is C53H49NO14. The highest BCUT2D eigenvalue weighted by molar-refractivity contribution is 5.95. The minimum atomic E-state index is -0.845. The molecule has 0 saturated carbocycles. The zero-order valence-electron chi connectivity index (χ0n) is 37.2. The second kappa shape index (κ2) is 27.1. The average Bonchev–Trinajstić information content (AvgIpc) is 3.36. The van der Waals surface area contributed by atoms with Crippen molar-refractivity contribution in [2.24, 2.45) is 0 Å². The normalized spacial score (nSPS) is 10.3. The minimum Gasteiger partial charge on any atom is -0.494 e. The van der Waals surface area contributed by atoms with Gasteiger partial charge in [0, 0.05) is 18.2 Å². The van der Waals surface area contributed by atoms with Crippen molar-refractivity contribution in [1.29, 1.82) is 5.26 Å². The molecule has 0 bridgehead atoms. The highest BCUT2D eigenvalue weighted by Crippen LogP contribution is 2.31. The van der Waals surface area contributed by atoms with Crippen LogP contribution in [0.15, 0.2) is 141 Å². The molecule has 5 aromatic rings. The number of esters is 6. The lowest BCUT2D eigenvalue weighted by Gasteiger charge is -2.12. The summed E-state index contributed by atoms with van der Waals surface area (Å²) in [7, 11) is 0. The maximum atomic E-state index is 13.2. The van der Waals surface area contributed by atoms with E-state index in [9.17, 15) is 34.0 Å². The number of benzene rings is 5. The SMILES string of the molecule is C=CC(=O)OCCCCCCOc1ccc(C(=O)Oc2ccc(C(=O)Oc3ccc(C#N)cc3OC(=O)c3ccc(OC(=O)c4ccc(OCCCCCCOC(=O)C=C)cc4)cc3)cc2)cc1. The number of carbonyl (C=O) groups is 6. The summed E-state index contributed by atoms with van der Waals surface area (Å²) in [5.41, 5.74) is 0.853. The summed E-state index contributed by atoms with van der Waals surface area (Å²) in [6, 6.07) is 30.1. The Labute approximate surface area is 393 Å². The second-order valence-corrected chi connectivity index (χ2v) is 14.7. The maximum absolute atomic E-state index is 13.2. The van der Waals surface area contributed by atoms with Crippen molar-refractivity contribution < 1.29 is 66.7 Å². The first-order chi connectivity index (χ1) is 33.0.